The van der Waals surface area contributed by atoms with Gasteiger partial charge in [-0.25, -0.2) is 9.37 Å². The van der Waals surface area contributed by atoms with Crippen LogP contribution in [0, 0.1) is 5.82 Å². The third-order valence-electron chi connectivity index (χ3n) is 8.02. The lowest BCUT2D eigenvalue weighted by molar-refractivity contribution is -0.0451. The number of rotatable bonds is 10. The van der Waals surface area contributed by atoms with Crippen molar-refractivity contribution in [3.8, 4) is 5.88 Å². The Balaban J connectivity index is 1.06. The van der Waals surface area contributed by atoms with E-state index in [1.54, 1.807) is 26.3 Å². The van der Waals surface area contributed by atoms with Crippen LogP contribution in [0.5, 0.6) is 5.88 Å². The summed E-state index contributed by atoms with van der Waals surface area (Å²) in [5.41, 5.74) is 4.60. The fourth-order valence-corrected chi connectivity index (χ4v) is 5.62. The van der Waals surface area contributed by atoms with E-state index in [-0.39, 0.29) is 18.6 Å². The zero-order valence-corrected chi connectivity index (χ0v) is 22.6. The molecule has 3 aromatic rings. The number of anilines is 3. The van der Waals surface area contributed by atoms with Gasteiger partial charge in [0.1, 0.15) is 18.6 Å². The van der Waals surface area contributed by atoms with Crippen LogP contribution in [0.2, 0.25) is 0 Å². The summed E-state index contributed by atoms with van der Waals surface area (Å²) in [7, 11) is 3.27. The van der Waals surface area contributed by atoms with Crippen LogP contribution in [0.1, 0.15) is 30.0 Å². The van der Waals surface area contributed by atoms with Gasteiger partial charge in [-0.3, -0.25) is 14.8 Å². The molecule has 0 aliphatic carbocycles. The maximum atomic E-state index is 14.6. The molecule has 8 nitrogen and oxygen atoms in total. The summed E-state index contributed by atoms with van der Waals surface area (Å²) in [6.45, 7) is 4.80. The first kappa shape index (κ1) is 25.9. The molecule has 2 fully saturated rings. The molecule has 2 aromatic carbocycles. The molecule has 6 rings (SSSR count). The summed E-state index contributed by atoms with van der Waals surface area (Å²) >= 11 is 0. The largest absolute Gasteiger partial charge is 0.473 e. The topological polar surface area (TPSA) is 62.3 Å². The molecule has 2 saturated heterocycles. The van der Waals surface area contributed by atoms with E-state index in [0.29, 0.717) is 29.2 Å². The predicted octanol–water partition coefficient (Wildman–Crippen LogP) is 4.63. The number of benzene rings is 2. The number of fused-ring (bicyclic) bond motifs is 1. The molecular weight excluding hydrogens is 497 g/mol. The van der Waals surface area contributed by atoms with Gasteiger partial charge in [0.05, 0.1) is 30.3 Å². The summed E-state index contributed by atoms with van der Waals surface area (Å²) in [6, 6.07) is 19.4. The zero-order valence-electron chi connectivity index (χ0n) is 22.6. The number of hydrogen-bond donors (Lipinski definition) is 1. The fourth-order valence-electron chi connectivity index (χ4n) is 5.62. The van der Waals surface area contributed by atoms with Crippen LogP contribution in [-0.4, -0.2) is 69.1 Å². The Hall–Kier alpha value is -3.40. The van der Waals surface area contributed by atoms with Crippen molar-refractivity contribution in [1.82, 2.24) is 9.88 Å². The average molecular weight is 534 g/mol. The Morgan fingerprint density at radius 1 is 1.10 bits per heavy atom. The molecule has 0 radical (unpaired) electrons. The van der Waals surface area contributed by atoms with E-state index < -0.39 is 0 Å². The minimum atomic E-state index is -0.334. The van der Waals surface area contributed by atoms with Crippen molar-refractivity contribution in [1.29, 1.82) is 0 Å². The molecule has 3 aliphatic rings. The number of hydrogen-bond acceptors (Lipinski definition) is 8. The van der Waals surface area contributed by atoms with Crippen molar-refractivity contribution in [3.05, 3.63) is 77.7 Å². The van der Waals surface area contributed by atoms with E-state index in [1.807, 2.05) is 12.1 Å². The summed E-state index contributed by atoms with van der Waals surface area (Å²) in [6.07, 6.45) is 2.71. The number of hydroxylamine groups is 1. The van der Waals surface area contributed by atoms with Gasteiger partial charge in [-0.05, 0) is 49.7 Å². The second kappa shape index (κ2) is 11.4. The van der Waals surface area contributed by atoms with Crippen LogP contribution in [0.25, 0.3) is 0 Å². The number of pyridine rings is 1. The fraction of sp³-hybridized carbons (Fsp3) is 0.433. The third kappa shape index (κ3) is 5.66. The van der Waals surface area contributed by atoms with E-state index in [2.05, 4.69) is 45.4 Å². The van der Waals surface area contributed by atoms with Gasteiger partial charge < -0.3 is 19.7 Å². The van der Waals surface area contributed by atoms with Gasteiger partial charge in [0.15, 0.2) is 0 Å². The van der Waals surface area contributed by atoms with Crippen molar-refractivity contribution >= 4 is 17.1 Å². The Morgan fingerprint density at radius 3 is 2.77 bits per heavy atom. The molecule has 9 heteroatoms. The minimum absolute atomic E-state index is 0.116. The average Bonchev–Trinajstić information content (AvgIpc) is 3.54. The number of ether oxygens (including phenoxy) is 2. The van der Waals surface area contributed by atoms with Gasteiger partial charge >= 0.3 is 0 Å². The van der Waals surface area contributed by atoms with Crippen molar-refractivity contribution in [2.45, 2.75) is 37.6 Å². The van der Waals surface area contributed by atoms with Crippen molar-refractivity contribution in [3.63, 3.8) is 0 Å². The second-order valence-corrected chi connectivity index (χ2v) is 10.5. The summed E-state index contributed by atoms with van der Waals surface area (Å²) in [5, 5.41) is 5.24. The quantitative estimate of drug-likeness (QED) is 0.379. The Bertz CT molecular complexity index is 1290. The first-order valence-corrected chi connectivity index (χ1v) is 13.7. The summed E-state index contributed by atoms with van der Waals surface area (Å²) in [4.78, 5) is 14.9. The highest BCUT2D eigenvalue weighted by Crippen LogP contribution is 2.36. The van der Waals surface area contributed by atoms with Crippen LogP contribution in [-0.2, 0) is 16.2 Å². The van der Waals surface area contributed by atoms with Gasteiger partial charge in [-0.1, -0.05) is 24.3 Å². The molecule has 1 N–H and O–H groups in total. The first-order chi connectivity index (χ1) is 19.1. The molecule has 206 valence electrons. The SMILES string of the molecule is CON(C)c1ccc(COc2cccc(C3CCN(CC4Nc5ccccc5N4CC4CCO4)C3)n2)c(F)c1. The van der Waals surface area contributed by atoms with E-state index in [0.717, 1.165) is 51.3 Å². The van der Waals surface area contributed by atoms with Crippen molar-refractivity contribution in [2.24, 2.45) is 0 Å². The molecule has 1 aromatic heterocycles. The maximum Gasteiger partial charge on any atom is 0.213 e. The molecule has 3 unspecified atom stereocenters. The number of nitrogens with one attached hydrogen (secondary N) is 1. The van der Waals surface area contributed by atoms with Gasteiger partial charge in [0.2, 0.25) is 5.88 Å². The molecule has 0 amide bonds. The van der Waals surface area contributed by atoms with E-state index >= 15 is 0 Å². The van der Waals surface area contributed by atoms with Gasteiger partial charge in [0.25, 0.3) is 0 Å². The molecule has 3 atom stereocenters. The molecule has 0 saturated carbocycles. The maximum absolute atomic E-state index is 14.6. The first-order valence-electron chi connectivity index (χ1n) is 13.7. The third-order valence-corrected chi connectivity index (χ3v) is 8.02. The van der Waals surface area contributed by atoms with Crippen molar-refractivity contribution < 1.29 is 18.7 Å². The highest BCUT2D eigenvalue weighted by atomic mass is 19.1. The summed E-state index contributed by atoms with van der Waals surface area (Å²) < 4.78 is 26.2. The van der Waals surface area contributed by atoms with E-state index in [4.69, 9.17) is 19.3 Å². The Kier molecular flexibility index (Phi) is 7.54. The molecule has 4 heterocycles. The van der Waals surface area contributed by atoms with Crippen LogP contribution in [0.15, 0.2) is 60.7 Å². The van der Waals surface area contributed by atoms with Crippen LogP contribution >= 0.6 is 0 Å². The van der Waals surface area contributed by atoms with Crippen LogP contribution < -0.4 is 20.0 Å². The minimum Gasteiger partial charge on any atom is -0.473 e. The standard InChI is InChI=1S/C30H36FN5O3/c1-34(37-2)23-11-10-22(25(31)16-23)20-39-30-9-5-7-26(33-30)21-12-14-35(17-21)19-29-32-27-6-3-4-8-28(27)36(29)18-24-13-15-38-24/h3-11,16,21,24,29,32H,12-15,17-20H2,1-2H3. The smallest absolute Gasteiger partial charge is 0.213 e. The lowest BCUT2D eigenvalue weighted by Gasteiger charge is -2.36. The highest BCUT2D eigenvalue weighted by molar-refractivity contribution is 5.76. The number of halogens is 1. The van der Waals surface area contributed by atoms with Gasteiger partial charge in [0, 0.05) is 56.5 Å². The van der Waals surface area contributed by atoms with Gasteiger partial charge in [-0.15, -0.1) is 0 Å². The van der Waals surface area contributed by atoms with Crippen LogP contribution in [0.4, 0.5) is 21.5 Å². The second-order valence-electron chi connectivity index (χ2n) is 10.5. The molecular formula is C30H36FN5O3. The molecule has 39 heavy (non-hydrogen) atoms. The molecule has 0 bridgehead atoms. The van der Waals surface area contributed by atoms with Crippen LogP contribution in [0.3, 0.4) is 0 Å². The van der Waals surface area contributed by atoms with Crippen molar-refractivity contribution in [2.75, 3.05) is 62.2 Å². The number of likely N-dealkylation sites (tertiary alicyclic amines) is 1. The highest BCUT2D eigenvalue weighted by Gasteiger charge is 2.35. The summed E-state index contributed by atoms with van der Waals surface area (Å²) in [5.74, 6) is 0.518. The number of aromatic nitrogens is 1. The predicted molar refractivity (Wildman–Crippen MR) is 150 cm³/mol. The van der Waals surface area contributed by atoms with E-state index in [1.165, 1.54) is 22.5 Å². The lowest BCUT2D eigenvalue weighted by atomic mass is 10.0. The van der Waals surface area contributed by atoms with E-state index in [9.17, 15) is 4.39 Å². The van der Waals surface area contributed by atoms with Gasteiger partial charge in [-0.2, -0.15) is 0 Å². The monoisotopic (exact) mass is 533 g/mol. The molecule has 3 aliphatic heterocycles. The Morgan fingerprint density at radius 2 is 1.97 bits per heavy atom. The molecule has 0 spiro atoms. The normalized spacial score (nSPS) is 22.3. The zero-order chi connectivity index (χ0) is 26.8. The Labute approximate surface area is 229 Å². The lowest BCUT2D eigenvalue weighted by Crippen LogP contribution is -2.49. The number of nitrogens with zero attached hydrogens (tertiary/aromatic N) is 4. The number of para-hydroxylation sites is 2.